The number of hydrogen-bond donors (Lipinski definition) is 1. The number of non-ortho nitro benzene ring substituents is 1. The number of nitrogens with one attached hydrogen (secondary N) is 1. The molecule has 2 aliphatic heterocycles. The monoisotopic (exact) mass is 427 g/mol. The van der Waals surface area contributed by atoms with Crippen molar-refractivity contribution in [3.63, 3.8) is 0 Å². The third-order valence-corrected chi connectivity index (χ3v) is 6.36. The topological polar surface area (TPSA) is 92.5 Å². The second-order valence-electron chi connectivity index (χ2n) is 8.19. The molecule has 0 saturated carbocycles. The first-order valence-corrected chi connectivity index (χ1v) is 10.5. The molecule has 160 valence electrons. The number of fused-ring (bicyclic) bond motifs is 1. The van der Waals surface area contributed by atoms with Crippen LogP contribution in [0.15, 0.2) is 84.9 Å². The van der Waals surface area contributed by atoms with Crippen LogP contribution in [0.4, 0.5) is 11.4 Å². The molecule has 7 nitrogen and oxygen atoms in total. The summed E-state index contributed by atoms with van der Waals surface area (Å²) in [4.78, 5) is 38.9. The number of nitro groups is 1. The molecule has 2 aliphatic rings. The van der Waals surface area contributed by atoms with Crippen LogP contribution in [-0.2, 0) is 16.0 Å². The number of carbonyl (C=O) groups excluding carboxylic acids is 2. The maximum absolute atomic E-state index is 13.5. The summed E-state index contributed by atoms with van der Waals surface area (Å²) >= 11 is 0. The van der Waals surface area contributed by atoms with E-state index in [1.807, 2.05) is 36.4 Å². The Kier molecular flexibility index (Phi) is 5.03. The normalized spacial score (nSPS) is 24.6. The molecule has 4 atom stereocenters. The SMILES string of the molecule is O=C1[C@H]2[C@H](C(=O)N1c1ccccc1)[C@H](c1ccc([N+](=O)[O-])cc1)N[C@@H]2Cc1ccccc1. The molecule has 7 heteroatoms. The van der Waals surface area contributed by atoms with Crippen molar-refractivity contribution in [2.75, 3.05) is 4.90 Å². The predicted octanol–water partition coefficient (Wildman–Crippen LogP) is 3.66. The number of benzene rings is 3. The van der Waals surface area contributed by atoms with E-state index in [1.54, 1.807) is 36.4 Å². The lowest BCUT2D eigenvalue weighted by atomic mass is 9.85. The van der Waals surface area contributed by atoms with Gasteiger partial charge in [-0.15, -0.1) is 0 Å². The van der Waals surface area contributed by atoms with E-state index in [0.717, 1.165) is 11.1 Å². The van der Waals surface area contributed by atoms with E-state index in [9.17, 15) is 19.7 Å². The third kappa shape index (κ3) is 3.36. The van der Waals surface area contributed by atoms with Crippen LogP contribution in [0.25, 0.3) is 0 Å². The lowest BCUT2D eigenvalue weighted by molar-refractivity contribution is -0.384. The molecular formula is C25H21N3O4. The van der Waals surface area contributed by atoms with Crippen LogP contribution in [0.3, 0.4) is 0 Å². The molecule has 0 spiro atoms. The van der Waals surface area contributed by atoms with Gasteiger partial charge in [0.15, 0.2) is 0 Å². The van der Waals surface area contributed by atoms with Gasteiger partial charge in [0, 0.05) is 24.2 Å². The largest absolute Gasteiger partial charge is 0.305 e. The third-order valence-electron chi connectivity index (χ3n) is 6.36. The quantitative estimate of drug-likeness (QED) is 0.381. The molecule has 2 heterocycles. The molecule has 3 aromatic rings. The van der Waals surface area contributed by atoms with Gasteiger partial charge in [-0.25, -0.2) is 4.90 Å². The molecule has 3 aromatic carbocycles. The van der Waals surface area contributed by atoms with Crippen molar-refractivity contribution in [1.82, 2.24) is 5.32 Å². The Bertz CT molecular complexity index is 1160. The minimum Gasteiger partial charge on any atom is -0.305 e. The fourth-order valence-corrected chi connectivity index (χ4v) is 4.92. The second-order valence-corrected chi connectivity index (χ2v) is 8.19. The number of carbonyl (C=O) groups is 2. The zero-order chi connectivity index (χ0) is 22.2. The van der Waals surface area contributed by atoms with Gasteiger partial charge in [-0.1, -0.05) is 60.7 Å². The number of nitrogens with zero attached hydrogens (tertiary/aromatic N) is 2. The number of hydrogen-bond acceptors (Lipinski definition) is 5. The van der Waals surface area contributed by atoms with E-state index in [-0.39, 0.29) is 23.5 Å². The van der Waals surface area contributed by atoms with Gasteiger partial charge >= 0.3 is 0 Å². The number of rotatable bonds is 5. The maximum atomic E-state index is 13.5. The molecule has 0 radical (unpaired) electrons. The van der Waals surface area contributed by atoms with E-state index in [4.69, 9.17) is 0 Å². The number of para-hydroxylation sites is 1. The van der Waals surface area contributed by atoms with Crippen LogP contribution in [-0.4, -0.2) is 22.8 Å². The zero-order valence-corrected chi connectivity index (χ0v) is 17.1. The summed E-state index contributed by atoms with van der Waals surface area (Å²) in [7, 11) is 0. The minimum atomic E-state index is -0.571. The minimum absolute atomic E-state index is 0.0103. The van der Waals surface area contributed by atoms with Crippen molar-refractivity contribution in [3.05, 3.63) is 106 Å². The Morgan fingerprint density at radius 2 is 1.41 bits per heavy atom. The van der Waals surface area contributed by atoms with Crippen molar-refractivity contribution in [1.29, 1.82) is 0 Å². The summed E-state index contributed by atoms with van der Waals surface area (Å²) in [5.41, 5.74) is 2.39. The summed E-state index contributed by atoms with van der Waals surface area (Å²) in [6, 6.07) is 24.4. The molecule has 2 saturated heterocycles. The number of nitro benzene ring substituents is 1. The number of amides is 2. The van der Waals surface area contributed by atoms with E-state index in [1.165, 1.54) is 17.0 Å². The van der Waals surface area contributed by atoms with Crippen molar-refractivity contribution in [3.8, 4) is 0 Å². The van der Waals surface area contributed by atoms with Crippen LogP contribution < -0.4 is 10.2 Å². The molecule has 1 N–H and O–H groups in total. The van der Waals surface area contributed by atoms with Crippen LogP contribution in [0.1, 0.15) is 17.2 Å². The highest BCUT2D eigenvalue weighted by Crippen LogP contribution is 2.46. The highest BCUT2D eigenvalue weighted by molar-refractivity contribution is 6.22. The molecule has 0 aliphatic carbocycles. The summed E-state index contributed by atoms with van der Waals surface area (Å²) in [5.74, 6) is -1.53. The van der Waals surface area contributed by atoms with Crippen molar-refractivity contribution in [2.24, 2.45) is 11.8 Å². The zero-order valence-electron chi connectivity index (χ0n) is 17.1. The fraction of sp³-hybridized carbons (Fsp3) is 0.200. The Morgan fingerprint density at radius 3 is 2.03 bits per heavy atom. The molecule has 0 aromatic heterocycles. The molecule has 2 fully saturated rings. The van der Waals surface area contributed by atoms with Gasteiger partial charge in [-0.3, -0.25) is 19.7 Å². The molecule has 0 bridgehead atoms. The average molecular weight is 427 g/mol. The lowest BCUT2D eigenvalue weighted by Crippen LogP contribution is -2.40. The van der Waals surface area contributed by atoms with Gasteiger partial charge in [-0.05, 0) is 29.7 Å². The number of imide groups is 1. The van der Waals surface area contributed by atoms with Gasteiger partial charge < -0.3 is 5.32 Å². The summed E-state index contributed by atoms with van der Waals surface area (Å²) in [6.07, 6.45) is 0.604. The van der Waals surface area contributed by atoms with Gasteiger partial charge in [0.05, 0.1) is 22.4 Å². The smallest absolute Gasteiger partial charge is 0.269 e. The highest BCUT2D eigenvalue weighted by atomic mass is 16.6. The Balaban J connectivity index is 1.53. The van der Waals surface area contributed by atoms with Gasteiger partial charge in [0.1, 0.15) is 0 Å². The van der Waals surface area contributed by atoms with Crippen LogP contribution in [0.2, 0.25) is 0 Å². The van der Waals surface area contributed by atoms with E-state index >= 15 is 0 Å². The fourth-order valence-electron chi connectivity index (χ4n) is 4.92. The molecule has 0 unspecified atom stereocenters. The summed E-state index contributed by atoms with van der Waals surface area (Å²) in [5, 5.41) is 14.6. The summed E-state index contributed by atoms with van der Waals surface area (Å²) < 4.78 is 0. The van der Waals surface area contributed by atoms with Crippen molar-refractivity contribution < 1.29 is 14.5 Å². The molecule has 2 amide bonds. The first kappa shape index (κ1) is 20.1. The average Bonchev–Trinajstić information content (AvgIpc) is 3.31. The van der Waals surface area contributed by atoms with Gasteiger partial charge in [0.25, 0.3) is 5.69 Å². The predicted molar refractivity (Wildman–Crippen MR) is 119 cm³/mol. The number of anilines is 1. The van der Waals surface area contributed by atoms with Crippen LogP contribution in [0.5, 0.6) is 0 Å². The van der Waals surface area contributed by atoms with Crippen LogP contribution in [0, 0.1) is 22.0 Å². The standard InChI is InChI=1S/C25H21N3O4/c29-24-21-20(15-16-7-3-1-4-8-16)26-23(17-11-13-19(14-12-17)28(31)32)22(21)25(30)27(24)18-9-5-2-6-10-18/h1-14,20-23,26H,15H2/t20-,21-,22+,23+/m1/s1. The molecule has 5 rings (SSSR count). The Hall–Kier alpha value is -3.84. The highest BCUT2D eigenvalue weighted by Gasteiger charge is 2.59. The molecular weight excluding hydrogens is 406 g/mol. The lowest BCUT2D eigenvalue weighted by Gasteiger charge is -2.23. The van der Waals surface area contributed by atoms with E-state index < -0.39 is 22.8 Å². The van der Waals surface area contributed by atoms with E-state index in [0.29, 0.717) is 12.1 Å². The first-order chi connectivity index (χ1) is 15.5. The molecule has 32 heavy (non-hydrogen) atoms. The summed E-state index contributed by atoms with van der Waals surface area (Å²) in [6.45, 7) is 0. The Labute approximate surface area is 184 Å². The maximum Gasteiger partial charge on any atom is 0.269 e. The second kappa shape index (κ2) is 8.01. The van der Waals surface area contributed by atoms with Crippen LogP contribution >= 0.6 is 0 Å². The van der Waals surface area contributed by atoms with Gasteiger partial charge in [0.2, 0.25) is 11.8 Å². The van der Waals surface area contributed by atoms with E-state index in [2.05, 4.69) is 5.32 Å². The van der Waals surface area contributed by atoms with Crippen molar-refractivity contribution in [2.45, 2.75) is 18.5 Å². The van der Waals surface area contributed by atoms with Crippen molar-refractivity contribution >= 4 is 23.2 Å². The Morgan fingerprint density at radius 1 is 0.812 bits per heavy atom. The first-order valence-electron chi connectivity index (χ1n) is 10.5. The van der Waals surface area contributed by atoms with Gasteiger partial charge in [-0.2, -0.15) is 0 Å².